The Morgan fingerprint density at radius 2 is 1.79 bits per heavy atom. The van der Waals surface area contributed by atoms with E-state index in [9.17, 15) is 14.4 Å². The van der Waals surface area contributed by atoms with E-state index in [1.807, 2.05) is 0 Å². The minimum absolute atomic E-state index is 0.0412. The number of amides is 2. The minimum atomic E-state index is -0.327. The monoisotopic (exact) mass is 415 g/mol. The van der Waals surface area contributed by atoms with Gasteiger partial charge in [-0.15, -0.1) is 10.2 Å². The molecule has 2 heterocycles. The number of carbonyl (C=O) groups is 3. The zero-order valence-corrected chi connectivity index (χ0v) is 16.6. The van der Waals surface area contributed by atoms with E-state index in [1.165, 1.54) is 25.6 Å². The van der Waals surface area contributed by atoms with Crippen LogP contribution in [0.3, 0.4) is 0 Å². The van der Waals surface area contributed by atoms with Crippen LogP contribution in [0, 0.1) is 0 Å². The SMILES string of the molecule is CC(=O)Nc1nonc1-c1nnc(SCC(=O)Nc2ccc(C(C)=O)cc2)n1C. The van der Waals surface area contributed by atoms with Gasteiger partial charge in [-0.25, -0.2) is 4.63 Å². The fourth-order valence-electron chi connectivity index (χ4n) is 2.35. The number of anilines is 2. The lowest BCUT2D eigenvalue weighted by atomic mass is 10.1. The summed E-state index contributed by atoms with van der Waals surface area (Å²) in [5, 5.41) is 21.2. The number of rotatable bonds is 7. The standard InChI is InChI=1S/C17H17N7O4S/c1-9(25)11-4-6-12(7-5-11)19-13(27)8-29-17-21-20-16(24(17)3)14-15(18-10(2)26)23-28-22-14/h4-7H,8H2,1-3H3,(H,19,27)(H,18,23,26). The number of Topliss-reactive ketones (excluding diaryl/α,β-unsaturated/α-hetero) is 1. The summed E-state index contributed by atoms with van der Waals surface area (Å²) in [6.07, 6.45) is 0. The molecule has 11 nitrogen and oxygen atoms in total. The molecule has 0 aliphatic heterocycles. The molecule has 2 amide bonds. The van der Waals surface area contributed by atoms with Gasteiger partial charge >= 0.3 is 0 Å². The number of benzene rings is 1. The van der Waals surface area contributed by atoms with Crippen LogP contribution in [-0.4, -0.2) is 48.4 Å². The molecule has 2 N–H and O–H groups in total. The smallest absolute Gasteiger partial charge is 0.234 e. The molecule has 1 aromatic carbocycles. The maximum absolute atomic E-state index is 12.2. The van der Waals surface area contributed by atoms with Crippen LogP contribution in [0.5, 0.6) is 0 Å². The molecule has 0 aliphatic rings. The Labute approximate surface area is 169 Å². The van der Waals surface area contributed by atoms with Gasteiger partial charge in [-0.2, -0.15) is 0 Å². The number of nitrogens with one attached hydrogen (secondary N) is 2. The van der Waals surface area contributed by atoms with Gasteiger partial charge in [0.2, 0.25) is 17.6 Å². The Morgan fingerprint density at radius 1 is 1.07 bits per heavy atom. The molecule has 0 aliphatic carbocycles. The van der Waals surface area contributed by atoms with Crippen LogP contribution < -0.4 is 10.6 Å². The van der Waals surface area contributed by atoms with Crippen molar-refractivity contribution in [1.29, 1.82) is 0 Å². The van der Waals surface area contributed by atoms with E-state index >= 15 is 0 Å². The Hall–Kier alpha value is -3.54. The molecule has 0 spiro atoms. The lowest BCUT2D eigenvalue weighted by Crippen LogP contribution is -2.14. The average molecular weight is 415 g/mol. The highest BCUT2D eigenvalue weighted by Gasteiger charge is 2.21. The third-order valence-corrected chi connectivity index (χ3v) is 4.76. The lowest BCUT2D eigenvalue weighted by Gasteiger charge is -2.06. The molecule has 29 heavy (non-hydrogen) atoms. The summed E-state index contributed by atoms with van der Waals surface area (Å²) in [5.41, 5.74) is 1.40. The summed E-state index contributed by atoms with van der Waals surface area (Å²) >= 11 is 1.18. The van der Waals surface area contributed by atoms with Crippen molar-refractivity contribution in [2.75, 3.05) is 16.4 Å². The zero-order valence-electron chi connectivity index (χ0n) is 15.8. The van der Waals surface area contributed by atoms with Crippen LogP contribution in [0.25, 0.3) is 11.5 Å². The number of carbonyl (C=O) groups excluding carboxylic acids is 3. The van der Waals surface area contributed by atoms with Crippen molar-refractivity contribution in [3.05, 3.63) is 29.8 Å². The second-order valence-corrected chi connectivity index (χ2v) is 6.92. The van der Waals surface area contributed by atoms with E-state index in [0.717, 1.165) is 0 Å². The first-order chi connectivity index (χ1) is 13.8. The van der Waals surface area contributed by atoms with Gasteiger partial charge in [0.15, 0.2) is 22.5 Å². The van der Waals surface area contributed by atoms with Gasteiger partial charge in [0, 0.05) is 25.2 Å². The molecule has 0 unspecified atom stereocenters. The fraction of sp³-hybridized carbons (Fsp3) is 0.235. The van der Waals surface area contributed by atoms with E-state index in [-0.39, 0.29) is 34.9 Å². The number of nitrogens with zero attached hydrogens (tertiary/aromatic N) is 5. The van der Waals surface area contributed by atoms with Crippen molar-refractivity contribution < 1.29 is 19.0 Å². The summed E-state index contributed by atoms with van der Waals surface area (Å²) < 4.78 is 6.28. The van der Waals surface area contributed by atoms with Crippen LogP contribution in [0.1, 0.15) is 24.2 Å². The van der Waals surface area contributed by atoms with E-state index in [0.29, 0.717) is 22.2 Å². The Bertz CT molecular complexity index is 1060. The highest BCUT2D eigenvalue weighted by molar-refractivity contribution is 7.99. The molecular weight excluding hydrogens is 398 g/mol. The largest absolute Gasteiger partial charge is 0.325 e. The molecule has 0 saturated carbocycles. The van der Waals surface area contributed by atoms with Gasteiger partial charge in [-0.3, -0.25) is 14.4 Å². The van der Waals surface area contributed by atoms with Crippen LogP contribution in [0.2, 0.25) is 0 Å². The number of ketones is 1. The Morgan fingerprint density at radius 3 is 2.45 bits per heavy atom. The summed E-state index contributed by atoms with van der Waals surface area (Å²) in [6.45, 7) is 2.82. The van der Waals surface area contributed by atoms with Gasteiger partial charge in [-0.05, 0) is 41.5 Å². The maximum Gasteiger partial charge on any atom is 0.234 e. The van der Waals surface area contributed by atoms with Crippen LogP contribution >= 0.6 is 11.8 Å². The normalized spacial score (nSPS) is 10.6. The molecule has 0 atom stereocenters. The second kappa shape index (κ2) is 8.65. The molecule has 150 valence electrons. The Balaban J connectivity index is 1.63. The van der Waals surface area contributed by atoms with E-state index in [4.69, 9.17) is 0 Å². The van der Waals surface area contributed by atoms with Crippen LogP contribution in [-0.2, 0) is 16.6 Å². The quantitative estimate of drug-likeness (QED) is 0.435. The molecule has 3 aromatic rings. The average Bonchev–Trinajstić information content (AvgIpc) is 3.26. The molecule has 0 radical (unpaired) electrons. The van der Waals surface area contributed by atoms with Gasteiger partial charge in [0.1, 0.15) is 0 Å². The first-order valence-corrected chi connectivity index (χ1v) is 9.37. The summed E-state index contributed by atoms with van der Waals surface area (Å²) in [6, 6.07) is 6.64. The van der Waals surface area contributed by atoms with E-state index < -0.39 is 0 Å². The molecule has 2 aromatic heterocycles. The number of thioether (sulfide) groups is 1. The third kappa shape index (κ3) is 4.85. The topological polar surface area (TPSA) is 145 Å². The summed E-state index contributed by atoms with van der Waals surface area (Å²) in [7, 11) is 1.70. The molecule has 12 heteroatoms. The fourth-order valence-corrected chi connectivity index (χ4v) is 3.06. The lowest BCUT2D eigenvalue weighted by molar-refractivity contribution is -0.114. The maximum atomic E-state index is 12.2. The van der Waals surface area contributed by atoms with Crippen molar-refractivity contribution >= 4 is 40.9 Å². The van der Waals surface area contributed by atoms with Crippen molar-refractivity contribution in [2.45, 2.75) is 19.0 Å². The van der Waals surface area contributed by atoms with E-state index in [2.05, 4.69) is 35.8 Å². The molecule has 0 fully saturated rings. The number of aromatic nitrogens is 5. The van der Waals surface area contributed by atoms with Crippen molar-refractivity contribution in [1.82, 2.24) is 25.1 Å². The highest BCUT2D eigenvalue weighted by Crippen LogP contribution is 2.26. The Kier molecular flexibility index (Phi) is 6.02. The molecule has 0 saturated heterocycles. The number of hydrogen-bond acceptors (Lipinski definition) is 9. The first kappa shape index (κ1) is 20.2. The molecular formula is C17H17N7O4S. The van der Waals surface area contributed by atoms with Gasteiger partial charge in [0.25, 0.3) is 0 Å². The van der Waals surface area contributed by atoms with Crippen molar-refractivity contribution in [2.24, 2.45) is 7.05 Å². The van der Waals surface area contributed by atoms with Crippen LogP contribution in [0.15, 0.2) is 34.1 Å². The molecule has 3 rings (SSSR count). The van der Waals surface area contributed by atoms with Gasteiger partial charge < -0.3 is 15.2 Å². The minimum Gasteiger partial charge on any atom is -0.325 e. The summed E-state index contributed by atoms with van der Waals surface area (Å²) in [5.74, 6) is -0.0471. The van der Waals surface area contributed by atoms with E-state index in [1.54, 1.807) is 35.9 Å². The second-order valence-electron chi connectivity index (χ2n) is 5.98. The summed E-state index contributed by atoms with van der Waals surface area (Å²) in [4.78, 5) is 34.7. The predicted octanol–water partition coefficient (Wildman–Crippen LogP) is 1.76. The molecule has 0 bridgehead atoms. The highest BCUT2D eigenvalue weighted by atomic mass is 32.2. The van der Waals surface area contributed by atoms with Crippen molar-refractivity contribution in [3.8, 4) is 11.5 Å². The predicted molar refractivity (Wildman–Crippen MR) is 104 cm³/mol. The third-order valence-electron chi connectivity index (χ3n) is 3.74. The number of hydrogen-bond donors (Lipinski definition) is 2. The van der Waals surface area contributed by atoms with Gasteiger partial charge in [-0.1, -0.05) is 11.8 Å². The van der Waals surface area contributed by atoms with Crippen LogP contribution in [0.4, 0.5) is 11.5 Å². The zero-order chi connectivity index (χ0) is 21.0. The van der Waals surface area contributed by atoms with Crippen molar-refractivity contribution in [3.63, 3.8) is 0 Å². The first-order valence-electron chi connectivity index (χ1n) is 8.38. The van der Waals surface area contributed by atoms with Gasteiger partial charge in [0.05, 0.1) is 5.75 Å².